The van der Waals surface area contributed by atoms with Gasteiger partial charge in [-0.05, 0) is 0 Å². The van der Waals surface area contributed by atoms with E-state index in [1.54, 1.807) is 21.0 Å². The molecule has 0 saturated heterocycles. The van der Waals surface area contributed by atoms with Gasteiger partial charge in [0.2, 0.25) is 0 Å². The van der Waals surface area contributed by atoms with Crippen LogP contribution < -0.4 is 4.74 Å². The third-order valence-electron chi connectivity index (χ3n) is 3.80. The van der Waals surface area contributed by atoms with Crippen LogP contribution in [0.4, 0.5) is 0 Å². The second kappa shape index (κ2) is 11.4. The van der Waals surface area contributed by atoms with Gasteiger partial charge in [-0.3, -0.25) is 0 Å². The van der Waals surface area contributed by atoms with Gasteiger partial charge >= 0.3 is 169 Å². The Labute approximate surface area is 169 Å². The van der Waals surface area contributed by atoms with Gasteiger partial charge in [0.25, 0.3) is 0 Å². The van der Waals surface area contributed by atoms with E-state index in [4.69, 9.17) is 14.2 Å². The van der Waals surface area contributed by atoms with Gasteiger partial charge in [-0.15, -0.1) is 0 Å². The number of ether oxygens (including phenoxy) is 3. The number of carbonyl (C=O) groups excluding carboxylic acids is 2. The predicted molar refractivity (Wildman–Crippen MR) is 107 cm³/mol. The van der Waals surface area contributed by atoms with E-state index in [1.165, 1.54) is 0 Å². The minimum atomic E-state index is -0.890. The van der Waals surface area contributed by atoms with Crippen LogP contribution in [-0.4, -0.2) is 47.2 Å². The summed E-state index contributed by atoms with van der Waals surface area (Å²) in [4.78, 5) is 24.9. The molecule has 0 amide bonds. The van der Waals surface area contributed by atoms with Gasteiger partial charge in [0.05, 0.1) is 0 Å². The number of methoxy groups -OCH3 is 1. The van der Waals surface area contributed by atoms with Crippen LogP contribution in [-0.2, 0) is 19.1 Å². The summed E-state index contributed by atoms with van der Waals surface area (Å²) in [5, 5.41) is 1.04. The van der Waals surface area contributed by atoms with Gasteiger partial charge in [0.15, 0.2) is 0 Å². The SMILES string of the molecule is CCOC(=O)C(C[C@@H]([Se]CC(C)(C)C)c1ccc(OC)cc1)C(=O)OCC. The zero-order valence-corrected chi connectivity index (χ0v) is 19.0. The first kappa shape index (κ1) is 23.5. The summed E-state index contributed by atoms with van der Waals surface area (Å²) >= 11 is 0.212. The van der Waals surface area contributed by atoms with Crippen molar-refractivity contribution in [3.63, 3.8) is 0 Å². The van der Waals surface area contributed by atoms with Gasteiger partial charge in [0.1, 0.15) is 0 Å². The molecule has 0 bridgehead atoms. The maximum atomic E-state index is 12.4. The van der Waals surface area contributed by atoms with Crippen molar-refractivity contribution in [2.75, 3.05) is 20.3 Å². The second-order valence-corrected chi connectivity index (χ2v) is 9.92. The average molecular weight is 443 g/mol. The Morgan fingerprint density at radius 2 is 1.52 bits per heavy atom. The van der Waals surface area contributed by atoms with Gasteiger partial charge in [-0.25, -0.2) is 0 Å². The molecule has 0 N–H and O–H groups in total. The van der Waals surface area contributed by atoms with E-state index < -0.39 is 17.9 Å². The summed E-state index contributed by atoms with van der Waals surface area (Å²) < 4.78 is 15.5. The van der Waals surface area contributed by atoms with Crippen molar-refractivity contribution in [2.24, 2.45) is 11.3 Å². The molecule has 0 unspecified atom stereocenters. The van der Waals surface area contributed by atoms with E-state index in [9.17, 15) is 9.59 Å². The summed E-state index contributed by atoms with van der Waals surface area (Å²) in [6.07, 6.45) is 0.403. The third-order valence-corrected chi connectivity index (χ3v) is 7.78. The third kappa shape index (κ3) is 8.35. The topological polar surface area (TPSA) is 61.8 Å². The van der Waals surface area contributed by atoms with E-state index >= 15 is 0 Å². The molecule has 0 fully saturated rings. The molecule has 0 aliphatic heterocycles. The van der Waals surface area contributed by atoms with Crippen LogP contribution >= 0.6 is 0 Å². The first-order valence-electron chi connectivity index (χ1n) is 9.30. The van der Waals surface area contributed by atoms with Crippen molar-refractivity contribution in [1.29, 1.82) is 0 Å². The molecule has 0 aliphatic rings. The number of benzene rings is 1. The molecule has 0 radical (unpaired) electrons. The Morgan fingerprint density at radius 1 is 1.00 bits per heavy atom. The molecule has 1 aromatic rings. The van der Waals surface area contributed by atoms with Crippen molar-refractivity contribution in [3.05, 3.63) is 29.8 Å². The van der Waals surface area contributed by atoms with Crippen molar-refractivity contribution in [1.82, 2.24) is 0 Å². The van der Waals surface area contributed by atoms with Crippen LogP contribution in [0.1, 0.15) is 51.4 Å². The normalized spacial score (nSPS) is 12.6. The average Bonchev–Trinajstić information content (AvgIpc) is 2.61. The quantitative estimate of drug-likeness (QED) is 0.310. The molecular weight excluding hydrogens is 411 g/mol. The molecule has 1 atom stereocenters. The van der Waals surface area contributed by atoms with Crippen molar-refractivity contribution < 1.29 is 23.8 Å². The van der Waals surface area contributed by atoms with Crippen LogP contribution in [0.2, 0.25) is 5.32 Å². The van der Waals surface area contributed by atoms with Crippen LogP contribution in [0.5, 0.6) is 5.75 Å². The van der Waals surface area contributed by atoms with Gasteiger partial charge in [-0.2, -0.15) is 0 Å². The Kier molecular flexibility index (Phi) is 9.89. The van der Waals surface area contributed by atoms with Gasteiger partial charge in [-0.1, -0.05) is 0 Å². The van der Waals surface area contributed by atoms with Crippen molar-refractivity contribution >= 4 is 26.9 Å². The molecule has 1 aromatic carbocycles. The molecular formula is C21H32O5Se. The monoisotopic (exact) mass is 444 g/mol. The summed E-state index contributed by atoms with van der Waals surface area (Å²) in [6, 6.07) is 7.86. The Bertz CT molecular complexity index is 574. The van der Waals surface area contributed by atoms with E-state index in [0.29, 0.717) is 6.42 Å². The number of rotatable bonds is 10. The number of carbonyl (C=O) groups is 2. The Hall–Kier alpha value is -1.52. The van der Waals surface area contributed by atoms with Crippen LogP contribution in [0.3, 0.4) is 0 Å². The summed E-state index contributed by atoms with van der Waals surface area (Å²) in [7, 11) is 1.63. The molecule has 5 nitrogen and oxygen atoms in total. The van der Waals surface area contributed by atoms with Crippen molar-refractivity contribution in [3.8, 4) is 5.75 Å². The fraction of sp³-hybridized carbons (Fsp3) is 0.619. The minimum absolute atomic E-state index is 0.112. The maximum absolute atomic E-state index is 12.4. The molecule has 0 aliphatic carbocycles. The fourth-order valence-corrected chi connectivity index (χ4v) is 5.35. The molecule has 152 valence electrons. The number of hydrogen-bond donors (Lipinski definition) is 0. The molecule has 0 heterocycles. The molecule has 27 heavy (non-hydrogen) atoms. The van der Waals surface area contributed by atoms with Crippen LogP contribution in [0.15, 0.2) is 24.3 Å². The Morgan fingerprint density at radius 3 is 1.93 bits per heavy atom. The van der Waals surface area contributed by atoms with E-state index in [1.807, 2.05) is 24.3 Å². The first-order chi connectivity index (χ1) is 12.7. The standard InChI is InChI=1S/C21H32O5Se/c1-7-25-19(22)17(20(23)26-8-2)13-18(27-14-21(3,4)5)15-9-11-16(24-6)12-10-15/h9-12,17-18H,7-8,13-14H2,1-6H3/t18-/m1/s1. The molecule has 0 saturated carbocycles. The summed E-state index contributed by atoms with van der Waals surface area (Å²) in [5.74, 6) is -1.10. The molecule has 1 rings (SSSR count). The van der Waals surface area contributed by atoms with E-state index in [0.717, 1.165) is 16.6 Å². The van der Waals surface area contributed by atoms with Crippen molar-refractivity contribution in [2.45, 2.75) is 51.2 Å². The molecule has 6 heteroatoms. The zero-order chi connectivity index (χ0) is 20.4. The second-order valence-electron chi connectivity index (χ2n) is 7.43. The first-order valence-corrected chi connectivity index (χ1v) is 11.5. The van der Waals surface area contributed by atoms with Gasteiger partial charge < -0.3 is 0 Å². The van der Waals surface area contributed by atoms with Crippen LogP contribution in [0, 0.1) is 11.3 Å². The van der Waals surface area contributed by atoms with Gasteiger partial charge in [0, 0.05) is 0 Å². The summed E-state index contributed by atoms with van der Waals surface area (Å²) in [5.41, 5.74) is 1.30. The number of esters is 2. The zero-order valence-electron chi connectivity index (χ0n) is 17.2. The summed E-state index contributed by atoms with van der Waals surface area (Å²) in [6.45, 7) is 10.6. The van der Waals surface area contributed by atoms with E-state index in [2.05, 4.69) is 20.8 Å². The molecule has 0 aromatic heterocycles. The fourth-order valence-electron chi connectivity index (χ4n) is 2.46. The molecule has 0 spiro atoms. The van der Waals surface area contributed by atoms with E-state index in [-0.39, 0.29) is 38.4 Å². The number of hydrogen-bond acceptors (Lipinski definition) is 5. The Balaban J connectivity index is 3.08. The van der Waals surface area contributed by atoms with Crippen LogP contribution in [0.25, 0.3) is 0 Å². The predicted octanol–water partition coefficient (Wildman–Crippen LogP) is 4.04.